The summed E-state index contributed by atoms with van der Waals surface area (Å²) < 4.78 is 0. The lowest BCUT2D eigenvalue weighted by Gasteiger charge is -1.96. The fraction of sp³-hybridized carbons (Fsp3) is 0.182. The van der Waals surface area contributed by atoms with Crippen molar-refractivity contribution in [1.29, 1.82) is 0 Å². The van der Waals surface area contributed by atoms with Gasteiger partial charge in [-0.05, 0) is 19.1 Å². The molecule has 0 bridgehead atoms. The summed E-state index contributed by atoms with van der Waals surface area (Å²) in [5.41, 5.74) is 0.982. The normalized spacial score (nSPS) is 10.1. The van der Waals surface area contributed by atoms with Crippen molar-refractivity contribution in [2.75, 3.05) is 6.54 Å². The Morgan fingerprint density at radius 2 is 2.19 bits per heavy atom. The van der Waals surface area contributed by atoms with Crippen molar-refractivity contribution < 1.29 is 4.79 Å². The number of nitrogens with one attached hydrogen (secondary N) is 1. The molecule has 16 heavy (non-hydrogen) atoms. The lowest BCUT2D eigenvalue weighted by atomic mass is 10.3. The number of hydrogen-bond donors (Lipinski definition) is 1. The summed E-state index contributed by atoms with van der Waals surface area (Å²) in [6.07, 6.45) is 5.02. The van der Waals surface area contributed by atoms with Gasteiger partial charge >= 0.3 is 0 Å². The number of carbonyl (C=O) groups excluding carboxylic acids is 1. The molecule has 1 amide bonds. The Kier molecular flexibility index (Phi) is 3.26. The number of carbonyl (C=O) groups is 1. The standard InChI is InChI=1S/C11H11N3OS/c1-2-13-10(15)9-7-14-11(16-9)8-3-5-12-6-4-8/h3-7H,2H2,1H3,(H,13,15). The van der Waals surface area contributed by atoms with Crippen LogP contribution < -0.4 is 5.32 Å². The van der Waals surface area contributed by atoms with Gasteiger partial charge in [-0.15, -0.1) is 11.3 Å². The van der Waals surface area contributed by atoms with Crippen LogP contribution >= 0.6 is 11.3 Å². The smallest absolute Gasteiger partial charge is 0.263 e. The van der Waals surface area contributed by atoms with Crippen LogP contribution in [-0.4, -0.2) is 22.4 Å². The van der Waals surface area contributed by atoms with Crippen molar-refractivity contribution >= 4 is 17.2 Å². The van der Waals surface area contributed by atoms with Crippen molar-refractivity contribution in [3.8, 4) is 10.6 Å². The monoisotopic (exact) mass is 233 g/mol. The minimum absolute atomic E-state index is 0.0692. The zero-order valence-electron chi connectivity index (χ0n) is 8.80. The lowest BCUT2D eigenvalue weighted by molar-refractivity contribution is 0.0959. The molecule has 0 aliphatic carbocycles. The second kappa shape index (κ2) is 4.85. The second-order valence-electron chi connectivity index (χ2n) is 3.13. The van der Waals surface area contributed by atoms with Crippen molar-refractivity contribution in [1.82, 2.24) is 15.3 Å². The Hall–Kier alpha value is -1.75. The first kappa shape index (κ1) is 10.8. The van der Waals surface area contributed by atoms with Crippen molar-refractivity contribution in [2.24, 2.45) is 0 Å². The molecule has 0 saturated carbocycles. The molecule has 2 heterocycles. The van der Waals surface area contributed by atoms with Gasteiger partial charge in [0.15, 0.2) is 0 Å². The molecule has 2 aromatic rings. The highest BCUT2D eigenvalue weighted by atomic mass is 32.1. The SMILES string of the molecule is CCNC(=O)c1cnc(-c2ccncc2)s1. The topological polar surface area (TPSA) is 54.9 Å². The maximum absolute atomic E-state index is 11.5. The molecule has 0 aliphatic heterocycles. The molecule has 0 aromatic carbocycles. The molecule has 0 fully saturated rings. The van der Waals surface area contributed by atoms with Crippen LogP contribution in [0.5, 0.6) is 0 Å². The van der Waals surface area contributed by atoms with Gasteiger partial charge in [-0.2, -0.15) is 0 Å². The first-order chi connectivity index (χ1) is 7.81. The summed E-state index contributed by atoms with van der Waals surface area (Å²) in [6.45, 7) is 2.52. The predicted molar refractivity (Wildman–Crippen MR) is 63.4 cm³/mol. The number of thiazole rings is 1. The minimum atomic E-state index is -0.0692. The molecule has 0 spiro atoms. The van der Waals surface area contributed by atoms with E-state index < -0.39 is 0 Å². The van der Waals surface area contributed by atoms with Crippen LogP contribution in [0.15, 0.2) is 30.7 Å². The third-order valence-electron chi connectivity index (χ3n) is 1.99. The Balaban J connectivity index is 2.23. The Labute approximate surface area is 97.4 Å². The summed E-state index contributed by atoms with van der Waals surface area (Å²) >= 11 is 1.38. The van der Waals surface area contributed by atoms with Crippen molar-refractivity contribution in [2.45, 2.75) is 6.92 Å². The van der Waals surface area contributed by atoms with Crippen LogP contribution in [0, 0.1) is 0 Å². The van der Waals surface area contributed by atoms with Crippen LogP contribution in [0.4, 0.5) is 0 Å². The molecule has 0 aliphatic rings. The molecule has 1 N–H and O–H groups in total. The summed E-state index contributed by atoms with van der Waals surface area (Å²) in [7, 11) is 0. The summed E-state index contributed by atoms with van der Waals surface area (Å²) in [4.78, 5) is 20.3. The molecular formula is C11H11N3OS. The van der Waals surface area contributed by atoms with E-state index in [9.17, 15) is 4.79 Å². The number of amides is 1. The van der Waals surface area contributed by atoms with Gasteiger partial charge in [0.05, 0.1) is 6.20 Å². The molecule has 0 saturated heterocycles. The third-order valence-corrected chi connectivity index (χ3v) is 3.04. The molecule has 82 valence electrons. The fourth-order valence-corrected chi connectivity index (χ4v) is 2.09. The summed E-state index contributed by atoms with van der Waals surface area (Å²) in [5.74, 6) is -0.0692. The van der Waals surface area contributed by atoms with Crippen molar-refractivity contribution in [3.63, 3.8) is 0 Å². The van der Waals surface area contributed by atoms with E-state index >= 15 is 0 Å². The maximum atomic E-state index is 11.5. The largest absolute Gasteiger partial charge is 0.352 e. The van der Waals surface area contributed by atoms with Gasteiger partial charge < -0.3 is 5.32 Å². The van der Waals surface area contributed by atoms with Crippen LogP contribution in [0.25, 0.3) is 10.6 Å². The number of rotatable bonds is 3. The number of aromatic nitrogens is 2. The molecular weight excluding hydrogens is 222 g/mol. The van der Waals surface area contributed by atoms with Gasteiger partial charge in [-0.3, -0.25) is 9.78 Å². The molecule has 2 aromatic heterocycles. The van der Waals surface area contributed by atoms with E-state index in [2.05, 4.69) is 15.3 Å². The average molecular weight is 233 g/mol. The first-order valence-corrected chi connectivity index (χ1v) is 5.77. The van der Waals surface area contributed by atoms with Gasteiger partial charge in [-0.1, -0.05) is 0 Å². The Bertz CT molecular complexity index is 481. The second-order valence-corrected chi connectivity index (χ2v) is 4.16. The van der Waals surface area contributed by atoms with E-state index in [1.165, 1.54) is 11.3 Å². The molecule has 0 radical (unpaired) electrons. The van der Waals surface area contributed by atoms with Gasteiger partial charge in [0, 0.05) is 24.5 Å². The number of pyridine rings is 1. The van der Waals surface area contributed by atoms with Crippen LogP contribution in [-0.2, 0) is 0 Å². The zero-order valence-corrected chi connectivity index (χ0v) is 9.62. The Morgan fingerprint density at radius 1 is 1.44 bits per heavy atom. The fourth-order valence-electron chi connectivity index (χ4n) is 1.25. The van der Waals surface area contributed by atoms with E-state index in [0.29, 0.717) is 11.4 Å². The average Bonchev–Trinajstić information content (AvgIpc) is 2.80. The molecule has 5 heteroatoms. The van der Waals surface area contributed by atoms with E-state index in [-0.39, 0.29) is 5.91 Å². The molecule has 4 nitrogen and oxygen atoms in total. The van der Waals surface area contributed by atoms with E-state index in [1.54, 1.807) is 18.6 Å². The van der Waals surface area contributed by atoms with Crippen LogP contribution in [0.3, 0.4) is 0 Å². The lowest BCUT2D eigenvalue weighted by Crippen LogP contribution is -2.21. The van der Waals surface area contributed by atoms with Gasteiger partial charge in [-0.25, -0.2) is 4.98 Å². The van der Waals surface area contributed by atoms with Crippen LogP contribution in [0.2, 0.25) is 0 Å². The number of hydrogen-bond acceptors (Lipinski definition) is 4. The van der Waals surface area contributed by atoms with E-state index in [4.69, 9.17) is 0 Å². The van der Waals surface area contributed by atoms with Gasteiger partial charge in [0.2, 0.25) is 0 Å². The van der Waals surface area contributed by atoms with Crippen LogP contribution in [0.1, 0.15) is 16.6 Å². The zero-order chi connectivity index (χ0) is 11.4. The van der Waals surface area contributed by atoms with E-state index in [0.717, 1.165) is 10.6 Å². The number of nitrogens with zero attached hydrogens (tertiary/aromatic N) is 2. The molecule has 0 atom stereocenters. The van der Waals surface area contributed by atoms with Gasteiger partial charge in [0.25, 0.3) is 5.91 Å². The highest BCUT2D eigenvalue weighted by Gasteiger charge is 2.10. The highest BCUT2D eigenvalue weighted by molar-refractivity contribution is 7.16. The quantitative estimate of drug-likeness (QED) is 0.881. The summed E-state index contributed by atoms with van der Waals surface area (Å²) in [5, 5.41) is 3.58. The highest BCUT2D eigenvalue weighted by Crippen LogP contribution is 2.24. The Morgan fingerprint density at radius 3 is 2.88 bits per heavy atom. The van der Waals surface area contributed by atoms with E-state index in [1.807, 2.05) is 19.1 Å². The minimum Gasteiger partial charge on any atom is -0.352 e. The molecule has 2 rings (SSSR count). The predicted octanol–water partition coefficient (Wildman–Crippen LogP) is 1.95. The van der Waals surface area contributed by atoms with Crippen molar-refractivity contribution in [3.05, 3.63) is 35.6 Å². The van der Waals surface area contributed by atoms with Gasteiger partial charge in [0.1, 0.15) is 9.88 Å². The third kappa shape index (κ3) is 2.25. The summed E-state index contributed by atoms with van der Waals surface area (Å²) in [6, 6.07) is 3.75. The maximum Gasteiger partial charge on any atom is 0.263 e. The molecule has 0 unspecified atom stereocenters. The first-order valence-electron chi connectivity index (χ1n) is 4.95.